The number of ketones is 1. The van der Waals surface area contributed by atoms with Gasteiger partial charge in [0.05, 0.1) is 11.4 Å². The zero-order valence-corrected chi connectivity index (χ0v) is 12.4. The van der Waals surface area contributed by atoms with Gasteiger partial charge in [0.1, 0.15) is 0 Å². The fourth-order valence-electron chi connectivity index (χ4n) is 2.73. The van der Waals surface area contributed by atoms with E-state index in [-0.39, 0.29) is 5.78 Å². The van der Waals surface area contributed by atoms with Crippen LogP contribution in [-0.4, -0.2) is 15.8 Å². The summed E-state index contributed by atoms with van der Waals surface area (Å²) in [5.41, 5.74) is 4.32. The summed E-state index contributed by atoms with van der Waals surface area (Å²) in [4.78, 5) is 19.3. The maximum atomic E-state index is 11.4. The van der Waals surface area contributed by atoms with Crippen LogP contribution in [-0.2, 0) is 11.2 Å². The number of para-hydroxylation sites is 1. The molecule has 1 N–H and O–H groups in total. The van der Waals surface area contributed by atoms with E-state index in [1.54, 1.807) is 6.20 Å². The third-order valence-corrected chi connectivity index (χ3v) is 3.81. The first-order chi connectivity index (χ1) is 10.8. The summed E-state index contributed by atoms with van der Waals surface area (Å²) < 4.78 is 0. The smallest absolute Gasteiger partial charge is 0.155 e. The van der Waals surface area contributed by atoms with Crippen LogP contribution in [0.25, 0.3) is 22.3 Å². The first kappa shape index (κ1) is 14.3. The molecule has 2 aromatic heterocycles. The number of rotatable bonds is 6. The van der Waals surface area contributed by atoms with Gasteiger partial charge in [-0.25, -0.2) is 0 Å². The topological polar surface area (TPSA) is 45.8 Å². The number of nitrogens with zero attached hydrogens (tertiary/aromatic N) is 1. The lowest BCUT2D eigenvalue weighted by atomic mass is 10.0. The maximum Gasteiger partial charge on any atom is 0.155 e. The molecule has 0 bridgehead atoms. The maximum absolute atomic E-state index is 11.4. The Morgan fingerprint density at radius 1 is 1.18 bits per heavy atom. The lowest BCUT2D eigenvalue weighted by Crippen LogP contribution is -1.95. The Labute approximate surface area is 129 Å². The van der Waals surface area contributed by atoms with Crippen LogP contribution < -0.4 is 0 Å². The van der Waals surface area contributed by atoms with Crippen LogP contribution in [0, 0.1) is 0 Å². The summed E-state index contributed by atoms with van der Waals surface area (Å²) in [6, 6.07) is 14.1. The van der Waals surface area contributed by atoms with Crippen LogP contribution in [0.4, 0.5) is 0 Å². The quantitative estimate of drug-likeness (QED) is 0.688. The molecule has 1 aromatic carbocycles. The Hall–Kier alpha value is -2.68. The van der Waals surface area contributed by atoms with E-state index in [4.69, 9.17) is 0 Å². The van der Waals surface area contributed by atoms with E-state index in [0.29, 0.717) is 6.42 Å². The number of carbonyl (C=O) groups is 1. The monoisotopic (exact) mass is 290 g/mol. The molecule has 0 atom stereocenters. The Morgan fingerprint density at radius 3 is 2.77 bits per heavy atom. The van der Waals surface area contributed by atoms with Crippen molar-refractivity contribution >= 4 is 16.7 Å². The van der Waals surface area contributed by atoms with Crippen molar-refractivity contribution in [2.45, 2.75) is 19.3 Å². The molecule has 0 saturated heterocycles. The SMILES string of the molecule is C=CC(=O)CCCc1c(-c2ccccn2)[nH]c2ccccc12. The van der Waals surface area contributed by atoms with Gasteiger partial charge in [0.15, 0.2) is 5.78 Å². The second-order valence-corrected chi connectivity index (χ2v) is 5.26. The summed E-state index contributed by atoms with van der Waals surface area (Å²) in [5.74, 6) is 0.0965. The fourth-order valence-corrected chi connectivity index (χ4v) is 2.73. The molecule has 3 rings (SSSR count). The van der Waals surface area contributed by atoms with Crippen LogP contribution in [0.5, 0.6) is 0 Å². The molecule has 0 fully saturated rings. The highest BCUT2D eigenvalue weighted by Crippen LogP contribution is 2.30. The van der Waals surface area contributed by atoms with Crippen molar-refractivity contribution in [3.63, 3.8) is 0 Å². The van der Waals surface area contributed by atoms with Gasteiger partial charge in [-0.2, -0.15) is 0 Å². The molecular formula is C19H18N2O. The largest absolute Gasteiger partial charge is 0.353 e. The van der Waals surface area contributed by atoms with E-state index in [2.05, 4.69) is 28.7 Å². The molecule has 0 spiro atoms. The zero-order valence-electron chi connectivity index (χ0n) is 12.4. The summed E-state index contributed by atoms with van der Waals surface area (Å²) >= 11 is 0. The Kier molecular flexibility index (Phi) is 4.15. The molecule has 22 heavy (non-hydrogen) atoms. The van der Waals surface area contributed by atoms with Crippen molar-refractivity contribution in [1.82, 2.24) is 9.97 Å². The molecule has 0 aliphatic heterocycles. The molecule has 0 aliphatic rings. The summed E-state index contributed by atoms with van der Waals surface area (Å²) in [6.07, 6.45) is 5.38. The number of carbonyl (C=O) groups excluding carboxylic acids is 1. The molecular weight excluding hydrogens is 272 g/mol. The first-order valence-electron chi connectivity index (χ1n) is 7.46. The molecule has 0 radical (unpaired) electrons. The molecule has 0 saturated carbocycles. The number of pyridine rings is 1. The lowest BCUT2D eigenvalue weighted by Gasteiger charge is -2.04. The fraction of sp³-hybridized carbons (Fsp3) is 0.158. The van der Waals surface area contributed by atoms with Gasteiger partial charge in [-0.15, -0.1) is 0 Å². The summed E-state index contributed by atoms with van der Waals surface area (Å²) in [7, 11) is 0. The highest BCUT2D eigenvalue weighted by Gasteiger charge is 2.13. The van der Waals surface area contributed by atoms with Gasteiger partial charge < -0.3 is 4.98 Å². The van der Waals surface area contributed by atoms with E-state index >= 15 is 0 Å². The van der Waals surface area contributed by atoms with E-state index in [1.807, 2.05) is 30.3 Å². The number of fused-ring (bicyclic) bond motifs is 1. The highest BCUT2D eigenvalue weighted by atomic mass is 16.1. The second kappa shape index (κ2) is 6.39. The number of allylic oxidation sites excluding steroid dienone is 1. The number of aryl methyl sites for hydroxylation is 1. The Balaban J connectivity index is 1.98. The number of H-pyrrole nitrogens is 1. The minimum atomic E-state index is 0.0965. The van der Waals surface area contributed by atoms with Crippen LogP contribution >= 0.6 is 0 Å². The van der Waals surface area contributed by atoms with Gasteiger partial charge in [0, 0.05) is 23.5 Å². The summed E-state index contributed by atoms with van der Waals surface area (Å²) in [5, 5.41) is 1.20. The number of benzene rings is 1. The number of aromatic nitrogens is 2. The zero-order chi connectivity index (χ0) is 15.4. The van der Waals surface area contributed by atoms with Crippen molar-refractivity contribution in [2.75, 3.05) is 0 Å². The van der Waals surface area contributed by atoms with E-state index in [1.165, 1.54) is 17.0 Å². The number of hydrogen-bond acceptors (Lipinski definition) is 2. The summed E-state index contributed by atoms with van der Waals surface area (Å²) in [6.45, 7) is 3.53. The molecule has 0 unspecified atom stereocenters. The lowest BCUT2D eigenvalue weighted by molar-refractivity contribution is -0.114. The average Bonchev–Trinajstić information content (AvgIpc) is 2.94. The van der Waals surface area contributed by atoms with Crippen molar-refractivity contribution in [3.8, 4) is 11.4 Å². The molecule has 3 heteroatoms. The van der Waals surface area contributed by atoms with Crippen LogP contribution in [0.15, 0.2) is 61.3 Å². The Bertz CT molecular complexity index is 803. The van der Waals surface area contributed by atoms with Gasteiger partial charge in [-0.3, -0.25) is 9.78 Å². The van der Waals surface area contributed by atoms with Crippen LogP contribution in [0.2, 0.25) is 0 Å². The predicted molar refractivity (Wildman–Crippen MR) is 89.7 cm³/mol. The minimum absolute atomic E-state index is 0.0965. The van der Waals surface area contributed by atoms with Gasteiger partial charge in [0.2, 0.25) is 0 Å². The number of aromatic amines is 1. The van der Waals surface area contributed by atoms with Crippen LogP contribution in [0.1, 0.15) is 18.4 Å². The van der Waals surface area contributed by atoms with Crippen LogP contribution in [0.3, 0.4) is 0 Å². The molecule has 0 aliphatic carbocycles. The molecule has 0 amide bonds. The third-order valence-electron chi connectivity index (χ3n) is 3.81. The minimum Gasteiger partial charge on any atom is -0.353 e. The molecule has 2 heterocycles. The Morgan fingerprint density at radius 2 is 2.00 bits per heavy atom. The van der Waals surface area contributed by atoms with E-state index < -0.39 is 0 Å². The average molecular weight is 290 g/mol. The van der Waals surface area contributed by atoms with Crippen molar-refractivity contribution < 1.29 is 4.79 Å². The predicted octanol–water partition coefficient (Wildman–Crippen LogP) is 4.31. The second-order valence-electron chi connectivity index (χ2n) is 5.26. The standard InChI is InChI=1S/C19H18N2O/c1-2-14(22)8-7-10-16-15-9-3-4-11-17(15)21-19(16)18-12-5-6-13-20-18/h2-6,9,11-13,21H,1,7-8,10H2. The number of hydrogen-bond donors (Lipinski definition) is 1. The number of nitrogens with one attached hydrogen (secondary N) is 1. The molecule has 3 aromatic rings. The third kappa shape index (κ3) is 2.84. The van der Waals surface area contributed by atoms with Crippen molar-refractivity contribution in [1.29, 1.82) is 0 Å². The molecule has 110 valence electrons. The van der Waals surface area contributed by atoms with E-state index in [0.717, 1.165) is 29.7 Å². The van der Waals surface area contributed by atoms with Crippen molar-refractivity contribution in [2.24, 2.45) is 0 Å². The van der Waals surface area contributed by atoms with Crippen molar-refractivity contribution in [3.05, 3.63) is 66.9 Å². The molecule has 3 nitrogen and oxygen atoms in total. The van der Waals surface area contributed by atoms with Gasteiger partial charge in [-0.05, 0) is 42.7 Å². The normalized spacial score (nSPS) is 10.7. The van der Waals surface area contributed by atoms with Gasteiger partial charge in [-0.1, -0.05) is 30.8 Å². The van der Waals surface area contributed by atoms with E-state index in [9.17, 15) is 4.79 Å². The van der Waals surface area contributed by atoms with Gasteiger partial charge >= 0.3 is 0 Å². The first-order valence-corrected chi connectivity index (χ1v) is 7.46. The highest BCUT2D eigenvalue weighted by molar-refractivity contribution is 5.91. The van der Waals surface area contributed by atoms with Gasteiger partial charge in [0.25, 0.3) is 0 Å².